The Kier molecular flexibility index (Phi) is 9.14. The Hall–Kier alpha value is -3.69. The van der Waals surface area contributed by atoms with Crippen molar-refractivity contribution in [1.82, 2.24) is 15.3 Å². The zero-order valence-electron chi connectivity index (χ0n) is 19.1. The van der Waals surface area contributed by atoms with Crippen LogP contribution in [-0.4, -0.2) is 45.5 Å². The van der Waals surface area contributed by atoms with E-state index in [4.69, 9.17) is 10.5 Å². The van der Waals surface area contributed by atoms with Crippen LogP contribution in [0.5, 0.6) is 5.75 Å². The van der Waals surface area contributed by atoms with Gasteiger partial charge in [-0.05, 0) is 43.9 Å². The van der Waals surface area contributed by atoms with Crippen molar-refractivity contribution in [1.29, 1.82) is 0 Å². The van der Waals surface area contributed by atoms with E-state index in [9.17, 15) is 24.3 Å². The Morgan fingerprint density at radius 2 is 1.94 bits per heavy atom. The Labute approximate surface area is 191 Å². The molecule has 1 unspecified atom stereocenters. The molecule has 0 aliphatic rings. The zero-order valence-corrected chi connectivity index (χ0v) is 19.1. The van der Waals surface area contributed by atoms with E-state index in [0.29, 0.717) is 42.0 Å². The predicted molar refractivity (Wildman–Crippen MR) is 122 cm³/mol. The van der Waals surface area contributed by atoms with Crippen LogP contribution in [0, 0.1) is 0 Å². The summed E-state index contributed by atoms with van der Waals surface area (Å²) in [4.78, 5) is 55.2. The second-order valence-electron chi connectivity index (χ2n) is 7.48. The molecule has 0 aliphatic carbocycles. The van der Waals surface area contributed by atoms with E-state index in [1.165, 1.54) is 12.1 Å². The average Bonchev–Trinajstić information content (AvgIpc) is 2.79. The number of amides is 2. The Morgan fingerprint density at radius 1 is 1.21 bits per heavy atom. The highest BCUT2D eigenvalue weighted by molar-refractivity contribution is 5.98. The topological polar surface area (TPSA) is 164 Å². The van der Waals surface area contributed by atoms with Gasteiger partial charge in [0.2, 0.25) is 5.91 Å². The molecule has 1 atom stereocenters. The van der Waals surface area contributed by atoms with Crippen LogP contribution in [-0.2, 0) is 22.4 Å². The van der Waals surface area contributed by atoms with Crippen LogP contribution in [0.25, 0.3) is 11.4 Å². The van der Waals surface area contributed by atoms with Gasteiger partial charge in [-0.2, -0.15) is 0 Å². The molecule has 0 fully saturated rings. The number of carboxylic acids is 1. The van der Waals surface area contributed by atoms with Crippen molar-refractivity contribution in [3.05, 3.63) is 45.4 Å². The third-order valence-electron chi connectivity index (χ3n) is 5.03. The quantitative estimate of drug-likeness (QED) is 0.376. The molecule has 0 saturated heterocycles. The van der Waals surface area contributed by atoms with Crippen LogP contribution in [0.4, 0.5) is 0 Å². The summed E-state index contributed by atoms with van der Waals surface area (Å²) < 4.78 is 5.79. The number of aryl methyl sites for hydroxylation is 1. The molecule has 10 heteroatoms. The first-order chi connectivity index (χ1) is 15.7. The molecule has 1 aromatic heterocycles. The molecular formula is C23H30N4O6. The highest BCUT2D eigenvalue weighted by Crippen LogP contribution is 2.29. The molecule has 1 aromatic carbocycles. The van der Waals surface area contributed by atoms with Crippen LogP contribution < -0.4 is 21.3 Å². The number of carboxylic acid groups (broad SMARTS) is 1. The van der Waals surface area contributed by atoms with Gasteiger partial charge in [0, 0.05) is 17.5 Å². The number of carbonyl (C=O) groups is 3. The number of H-pyrrole nitrogens is 1. The summed E-state index contributed by atoms with van der Waals surface area (Å²) in [7, 11) is 0. The van der Waals surface area contributed by atoms with Crippen LogP contribution in [0.15, 0.2) is 23.0 Å². The summed E-state index contributed by atoms with van der Waals surface area (Å²) in [5.74, 6) is -1.89. The third-order valence-corrected chi connectivity index (χ3v) is 5.03. The van der Waals surface area contributed by atoms with Crippen LogP contribution in [0.1, 0.15) is 61.6 Å². The van der Waals surface area contributed by atoms with Crippen molar-refractivity contribution < 1.29 is 24.2 Å². The normalized spacial score (nSPS) is 11.6. The minimum atomic E-state index is -1.28. The average molecular weight is 459 g/mol. The van der Waals surface area contributed by atoms with E-state index in [0.717, 1.165) is 6.42 Å². The molecule has 10 nitrogen and oxygen atoms in total. The maximum Gasteiger partial charge on any atom is 0.326 e. The number of primary amides is 1. The van der Waals surface area contributed by atoms with Gasteiger partial charge in [-0.3, -0.25) is 14.4 Å². The number of aliphatic carboxylic acids is 1. The second-order valence-corrected chi connectivity index (χ2v) is 7.48. The molecule has 0 saturated carbocycles. The maximum absolute atomic E-state index is 12.8. The molecular weight excluding hydrogens is 428 g/mol. The van der Waals surface area contributed by atoms with Crippen molar-refractivity contribution in [2.45, 2.75) is 58.9 Å². The number of nitrogens with one attached hydrogen (secondary N) is 2. The minimum absolute atomic E-state index is 0.131. The Balaban J connectivity index is 2.48. The zero-order chi connectivity index (χ0) is 24.5. The minimum Gasteiger partial charge on any atom is -0.493 e. The highest BCUT2D eigenvalue weighted by Gasteiger charge is 2.23. The van der Waals surface area contributed by atoms with Crippen molar-refractivity contribution in [3.8, 4) is 17.1 Å². The van der Waals surface area contributed by atoms with Gasteiger partial charge in [0.1, 0.15) is 17.6 Å². The lowest BCUT2D eigenvalue weighted by Gasteiger charge is -2.16. The standard InChI is InChI=1S/C23H30N4O6/c1-4-11-33-18-9-7-13(21(29)26-17(23(31)32)8-10-19(24)28)12-15(18)20-25-16(6-3)14(5-2)22(30)27-20/h7,9,12,17H,4-6,8,10-11H2,1-3H3,(H2,24,28)(H,26,29)(H,31,32)(H,25,27,30). The first kappa shape index (κ1) is 25.6. The number of aromatic nitrogens is 2. The lowest BCUT2D eigenvalue weighted by molar-refractivity contribution is -0.139. The molecule has 0 bridgehead atoms. The summed E-state index contributed by atoms with van der Waals surface area (Å²) in [5, 5.41) is 11.8. The smallest absolute Gasteiger partial charge is 0.326 e. The van der Waals surface area contributed by atoms with Gasteiger partial charge < -0.3 is 25.9 Å². The molecule has 33 heavy (non-hydrogen) atoms. The van der Waals surface area contributed by atoms with Gasteiger partial charge >= 0.3 is 5.97 Å². The van der Waals surface area contributed by atoms with E-state index in [2.05, 4.69) is 15.3 Å². The number of aromatic amines is 1. The van der Waals surface area contributed by atoms with Crippen molar-refractivity contribution in [2.24, 2.45) is 5.73 Å². The molecule has 0 radical (unpaired) electrons. The van der Waals surface area contributed by atoms with Gasteiger partial charge in [-0.25, -0.2) is 9.78 Å². The summed E-state index contributed by atoms with van der Waals surface area (Å²) in [6.07, 6.45) is 1.54. The third kappa shape index (κ3) is 6.64. The van der Waals surface area contributed by atoms with Crippen LogP contribution in [0.3, 0.4) is 0 Å². The van der Waals surface area contributed by atoms with Crippen molar-refractivity contribution in [3.63, 3.8) is 0 Å². The fourth-order valence-corrected chi connectivity index (χ4v) is 3.31. The number of carbonyl (C=O) groups excluding carboxylic acids is 2. The first-order valence-corrected chi connectivity index (χ1v) is 10.9. The number of hydrogen-bond donors (Lipinski definition) is 4. The first-order valence-electron chi connectivity index (χ1n) is 10.9. The molecule has 2 aromatic rings. The van der Waals surface area contributed by atoms with E-state index in [1.54, 1.807) is 6.07 Å². The largest absolute Gasteiger partial charge is 0.493 e. The van der Waals surface area contributed by atoms with Gasteiger partial charge in [-0.15, -0.1) is 0 Å². The van der Waals surface area contributed by atoms with Gasteiger partial charge in [0.15, 0.2) is 0 Å². The molecule has 2 rings (SSSR count). The Bertz CT molecular complexity index is 1080. The lowest BCUT2D eigenvalue weighted by Crippen LogP contribution is -2.41. The molecule has 5 N–H and O–H groups in total. The van der Waals surface area contributed by atoms with E-state index in [1.807, 2.05) is 20.8 Å². The van der Waals surface area contributed by atoms with Crippen LogP contribution in [0.2, 0.25) is 0 Å². The number of ether oxygens (including phenoxy) is 1. The monoisotopic (exact) mass is 458 g/mol. The molecule has 0 aliphatic heterocycles. The lowest BCUT2D eigenvalue weighted by atomic mass is 10.1. The summed E-state index contributed by atoms with van der Waals surface area (Å²) in [6.45, 7) is 6.15. The number of rotatable bonds is 12. The summed E-state index contributed by atoms with van der Waals surface area (Å²) in [5.41, 5.74) is 6.65. The number of nitrogens with zero attached hydrogens (tertiary/aromatic N) is 1. The maximum atomic E-state index is 12.8. The van der Waals surface area contributed by atoms with Gasteiger partial charge in [-0.1, -0.05) is 20.8 Å². The van der Waals surface area contributed by atoms with Crippen LogP contribution >= 0.6 is 0 Å². The number of hydrogen-bond acceptors (Lipinski definition) is 6. The van der Waals surface area contributed by atoms with E-state index in [-0.39, 0.29) is 29.8 Å². The van der Waals surface area contributed by atoms with Crippen molar-refractivity contribution >= 4 is 17.8 Å². The summed E-state index contributed by atoms with van der Waals surface area (Å²) >= 11 is 0. The van der Waals surface area contributed by atoms with Crippen molar-refractivity contribution in [2.75, 3.05) is 6.61 Å². The fraction of sp³-hybridized carbons (Fsp3) is 0.435. The Morgan fingerprint density at radius 3 is 2.52 bits per heavy atom. The molecule has 1 heterocycles. The second kappa shape index (κ2) is 11.8. The van der Waals surface area contributed by atoms with Gasteiger partial charge in [0.25, 0.3) is 11.5 Å². The highest BCUT2D eigenvalue weighted by atomic mass is 16.5. The van der Waals surface area contributed by atoms with E-state index >= 15 is 0 Å². The SMILES string of the molecule is CCCOc1ccc(C(=O)NC(CCC(N)=O)C(=O)O)cc1-c1nc(CC)c(CC)c(=O)[nH]1. The molecule has 0 spiro atoms. The summed E-state index contributed by atoms with van der Waals surface area (Å²) in [6, 6.07) is 3.29. The number of nitrogens with two attached hydrogens (primary N) is 1. The molecule has 178 valence electrons. The number of benzene rings is 1. The molecule has 2 amide bonds. The fourth-order valence-electron chi connectivity index (χ4n) is 3.31. The van der Waals surface area contributed by atoms with E-state index < -0.39 is 23.8 Å². The van der Waals surface area contributed by atoms with Gasteiger partial charge in [0.05, 0.1) is 17.9 Å². The predicted octanol–water partition coefficient (Wildman–Crippen LogP) is 1.80.